The highest BCUT2D eigenvalue weighted by Gasteiger charge is 2.07. The van der Waals surface area contributed by atoms with Gasteiger partial charge in [0, 0.05) is 34.8 Å². The van der Waals surface area contributed by atoms with Crippen molar-refractivity contribution < 1.29 is 9.90 Å². The fraction of sp³-hybridized carbons (Fsp3) is 0.400. The standard InChI is InChI=1S/C15H19Cl2NO2/c1-2-11(8-9-19)10-18-15(20)7-6-12-13(16)4-3-5-14(12)17/h3-7,11,19H,2,8-10H2,1H3,(H,18,20)/b7-6+. The Morgan fingerprint density at radius 1 is 1.40 bits per heavy atom. The first kappa shape index (κ1) is 17.0. The number of carbonyl (C=O) groups is 1. The van der Waals surface area contributed by atoms with Gasteiger partial charge < -0.3 is 10.4 Å². The third-order valence-electron chi connectivity index (χ3n) is 3.08. The van der Waals surface area contributed by atoms with Crippen LogP contribution in [0, 0.1) is 5.92 Å². The summed E-state index contributed by atoms with van der Waals surface area (Å²) in [4.78, 5) is 11.7. The second-order valence-electron chi connectivity index (χ2n) is 4.50. The molecule has 0 spiro atoms. The van der Waals surface area contributed by atoms with Crippen molar-refractivity contribution in [3.8, 4) is 0 Å². The third kappa shape index (κ3) is 5.53. The molecule has 0 aromatic heterocycles. The summed E-state index contributed by atoms with van der Waals surface area (Å²) in [5.74, 6) is 0.0960. The van der Waals surface area contributed by atoms with Gasteiger partial charge in [0.2, 0.25) is 5.91 Å². The zero-order valence-corrected chi connectivity index (χ0v) is 12.9. The number of aliphatic hydroxyl groups excluding tert-OH is 1. The maximum absolute atomic E-state index is 11.7. The number of hydrogen-bond acceptors (Lipinski definition) is 2. The molecule has 0 fully saturated rings. The Bertz CT molecular complexity index is 455. The summed E-state index contributed by atoms with van der Waals surface area (Å²) in [6.07, 6.45) is 4.63. The lowest BCUT2D eigenvalue weighted by Gasteiger charge is -2.13. The van der Waals surface area contributed by atoms with Crippen molar-refractivity contribution in [2.45, 2.75) is 19.8 Å². The molecule has 0 saturated heterocycles. The molecule has 1 amide bonds. The average Bonchev–Trinajstić information content (AvgIpc) is 2.42. The monoisotopic (exact) mass is 315 g/mol. The van der Waals surface area contributed by atoms with Gasteiger partial charge in [0.15, 0.2) is 0 Å². The van der Waals surface area contributed by atoms with Gasteiger partial charge in [-0.15, -0.1) is 0 Å². The van der Waals surface area contributed by atoms with Crippen LogP contribution in [0.15, 0.2) is 24.3 Å². The Labute approximate surface area is 129 Å². The molecule has 0 aliphatic heterocycles. The van der Waals surface area contributed by atoms with Gasteiger partial charge in [0.05, 0.1) is 0 Å². The molecule has 1 unspecified atom stereocenters. The predicted octanol–water partition coefficient (Wildman–Crippen LogP) is 3.53. The van der Waals surface area contributed by atoms with Gasteiger partial charge in [-0.3, -0.25) is 4.79 Å². The van der Waals surface area contributed by atoms with Crippen molar-refractivity contribution in [3.63, 3.8) is 0 Å². The van der Waals surface area contributed by atoms with Crippen molar-refractivity contribution in [1.82, 2.24) is 5.32 Å². The molecular formula is C15H19Cl2NO2. The zero-order valence-electron chi connectivity index (χ0n) is 11.4. The van der Waals surface area contributed by atoms with E-state index in [1.165, 1.54) is 6.08 Å². The normalized spacial score (nSPS) is 12.6. The number of carbonyl (C=O) groups excluding carboxylic acids is 1. The van der Waals surface area contributed by atoms with Crippen LogP contribution in [-0.4, -0.2) is 24.2 Å². The summed E-state index contributed by atoms with van der Waals surface area (Å²) >= 11 is 12.0. The van der Waals surface area contributed by atoms with Crippen molar-refractivity contribution in [2.24, 2.45) is 5.92 Å². The maximum Gasteiger partial charge on any atom is 0.244 e. The van der Waals surface area contributed by atoms with E-state index in [9.17, 15) is 4.79 Å². The van der Waals surface area contributed by atoms with Gasteiger partial charge in [-0.05, 0) is 30.5 Å². The molecular weight excluding hydrogens is 297 g/mol. The van der Waals surface area contributed by atoms with E-state index in [4.69, 9.17) is 28.3 Å². The lowest BCUT2D eigenvalue weighted by molar-refractivity contribution is -0.116. The fourth-order valence-corrected chi connectivity index (χ4v) is 2.29. The molecule has 2 N–H and O–H groups in total. The van der Waals surface area contributed by atoms with E-state index >= 15 is 0 Å². The molecule has 1 aromatic carbocycles. The van der Waals surface area contributed by atoms with Crippen LogP contribution < -0.4 is 5.32 Å². The Kier molecular flexibility index (Phi) is 7.67. The van der Waals surface area contributed by atoms with Crippen LogP contribution in [0.25, 0.3) is 6.08 Å². The molecule has 20 heavy (non-hydrogen) atoms. The van der Waals surface area contributed by atoms with Crippen molar-refractivity contribution >= 4 is 35.2 Å². The molecule has 0 saturated carbocycles. The molecule has 1 rings (SSSR count). The fourth-order valence-electron chi connectivity index (χ4n) is 1.77. The van der Waals surface area contributed by atoms with Gasteiger partial charge in [-0.25, -0.2) is 0 Å². The second-order valence-corrected chi connectivity index (χ2v) is 5.31. The van der Waals surface area contributed by atoms with Crippen LogP contribution in [0.1, 0.15) is 25.3 Å². The van der Waals surface area contributed by atoms with E-state index in [0.717, 1.165) is 6.42 Å². The molecule has 1 aromatic rings. The number of aliphatic hydroxyl groups is 1. The highest BCUT2D eigenvalue weighted by atomic mass is 35.5. The van der Waals surface area contributed by atoms with Gasteiger partial charge in [-0.1, -0.05) is 42.6 Å². The van der Waals surface area contributed by atoms with Gasteiger partial charge in [0.1, 0.15) is 0 Å². The Morgan fingerprint density at radius 2 is 2.05 bits per heavy atom. The van der Waals surface area contributed by atoms with E-state index in [2.05, 4.69) is 5.32 Å². The lowest BCUT2D eigenvalue weighted by atomic mass is 10.0. The van der Waals surface area contributed by atoms with E-state index in [1.54, 1.807) is 24.3 Å². The van der Waals surface area contributed by atoms with E-state index < -0.39 is 0 Å². The summed E-state index contributed by atoms with van der Waals surface area (Å²) in [6, 6.07) is 5.20. The smallest absolute Gasteiger partial charge is 0.244 e. The molecule has 5 heteroatoms. The van der Waals surface area contributed by atoms with Crippen LogP contribution in [-0.2, 0) is 4.79 Å². The quantitative estimate of drug-likeness (QED) is 0.756. The minimum Gasteiger partial charge on any atom is -0.396 e. The molecule has 0 radical (unpaired) electrons. The number of amides is 1. The number of hydrogen-bond donors (Lipinski definition) is 2. The predicted molar refractivity (Wildman–Crippen MR) is 84.0 cm³/mol. The summed E-state index contributed by atoms with van der Waals surface area (Å²) in [5, 5.41) is 12.7. The summed E-state index contributed by atoms with van der Waals surface area (Å²) in [5.41, 5.74) is 0.633. The Morgan fingerprint density at radius 3 is 2.60 bits per heavy atom. The summed E-state index contributed by atoms with van der Waals surface area (Å²) in [6.45, 7) is 2.72. The first-order valence-corrected chi connectivity index (χ1v) is 7.34. The summed E-state index contributed by atoms with van der Waals surface area (Å²) < 4.78 is 0. The average molecular weight is 316 g/mol. The molecule has 3 nitrogen and oxygen atoms in total. The highest BCUT2D eigenvalue weighted by Crippen LogP contribution is 2.25. The molecule has 0 aliphatic rings. The largest absolute Gasteiger partial charge is 0.396 e. The number of benzene rings is 1. The molecule has 110 valence electrons. The third-order valence-corrected chi connectivity index (χ3v) is 3.74. The second kappa shape index (κ2) is 9.01. The maximum atomic E-state index is 11.7. The zero-order chi connectivity index (χ0) is 15.0. The van der Waals surface area contributed by atoms with Crippen molar-refractivity contribution in [2.75, 3.05) is 13.2 Å². The van der Waals surface area contributed by atoms with Gasteiger partial charge >= 0.3 is 0 Å². The molecule has 0 bridgehead atoms. The lowest BCUT2D eigenvalue weighted by Crippen LogP contribution is -2.28. The minimum absolute atomic E-state index is 0.138. The first-order chi connectivity index (χ1) is 9.58. The van der Waals surface area contributed by atoms with E-state index in [1.807, 2.05) is 6.92 Å². The van der Waals surface area contributed by atoms with Crippen molar-refractivity contribution in [3.05, 3.63) is 39.9 Å². The molecule has 0 heterocycles. The van der Waals surface area contributed by atoms with E-state index in [-0.39, 0.29) is 12.5 Å². The number of nitrogens with one attached hydrogen (secondary N) is 1. The Hall–Kier alpha value is -1.03. The van der Waals surface area contributed by atoms with Crippen LogP contribution in [0.2, 0.25) is 10.0 Å². The van der Waals surface area contributed by atoms with Crippen LogP contribution >= 0.6 is 23.2 Å². The van der Waals surface area contributed by atoms with E-state index in [0.29, 0.717) is 34.5 Å². The Balaban J connectivity index is 2.56. The van der Waals surface area contributed by atoms with Crippen LogP contribution in [0.4, 0.5) is 0 Å². The topological polar surface area (TPSA) is 49.3 Å². The molecule has 1 atom stereocenters. The van der Waals surface area contributed by atoms with Crippen molar-refractivity contribution in [1.29, 1.82) is 0 Å². The molecule has 0 aliphatic carbocycles. The minimum atomic E-state index is -0.197. The highest BCUT2D eigenvalue weighted by molar-refractivity contribution is 6.37. The SMILES string of the molecule is CCC(CCO)CNC(=O)/C=C/c1c(Cl)cccc1Cl. The summed E-state index contributed by atoms with van der Waals surface area (Å²) in [7, 11) is 0. The van der Waals surface area contributed by atoms with Gasteiger partial charge in [-0.2, -0.15) is 0 Å². The number of halogens is 2. The van der Waals surface area contributed by atoms with Gasteiger partial charge in [0.25, 0.3) is 0 Å². The van der Waals surface area contributed by atoms with Crippen LogP contribution in [0.3, 0.4) is 0 Å². The van der Waals surface area contributed by atoms with Crippen LogP contribution in [0.5, 0.6) is 0 Å². The number of rotatable bonds is 7. The first-order valence-electron chi connectivity index (χ1n) is 6.59.